The highest BCUT2D eigenvalue weighted by Crippen LogP contribution is 2.24. The summed E-state index contributed by atoms with van der Waals surface area (Å²) in [5, 5.41) is 3.03. The molecular formula is C17H26N2O3S2. The van der Waals surface area contributed by atoms with E-state index >= 15 is 0 Å². The lowest BCUT2D eigenvalue weighted by atomic mass is 10.0. The summed E-state index contributed by atoms with van der Waals surface area (Å²) in [4.78, 5) is 14.2. The number of aryl methyl sites for hydroxylation is 1. The molecule has 1 fully saturated rings. The van der Waals surface area contributed by atoms with Crippen molar-refractivity contribution in [3.63, 3.8) is 0 Å². The molecule has 2 unspecified atom stereocenters. The largest absolute Gasteiger partial charge is 0.353 e. The van der Waals surface area contributed by atoms with Crippen LogP contribution in [0.3, 0.4) is 0 Å². The fourth-order valence-electron chi connectivity index (χ4n) is 2.73. The minimum Gasteiger partial charge on any atom is -0.353 e. The molecule has 1 aliphatic heterocycles. The number of nitrogens with one attached hydrogen (secondary N) is 1. The van der Waals surface area contributed by atoms with E-state index in [9.17, 15) is 13.2 Å². The lowest BCUT2D eigenvalue weighted by Gasteiger charge is -2.25. The smallest absolute Gasteiger partial charge is 0.230 e. The van der Waals surface area contributed by atoms with Crippen LogP contribution in [0.25, 0.3) is 0 Å². The van der Waals surface area contributed by atoms with Crippen molar-refractivity contribution in [1.29, 1.82) is 0 Å². The summed E-state index contributed by atoms with van der Waals surface area (Å²) in [6.07, 6.45) is 0.657. The van der Waals surface area contributed by atoms with E-state index in [-0.39, 0.29) is 28.7 Å². The number of rotatable bonds is 7. The second-order valence-corrected chi connectivity index (χ2v) is 10.0. The number of hydrogen-bond donors (Lipinski definition) is 1. The van der Waals surface area contributed by atoms with Gasteiger partial charge in [-0.3, -0.25) is 4.79 Å². The van der Waals surface area contributed by atoms with Gasteiger partial charge in [-0.05, 0) is 33.0 Å². The van der Waals surface area contributed by atoms with Gasteiger partial charge in [-0.25, -0.2) is 8.42 Å². The zero-order valence-corrected chi connectivity index (χ0v) is 16.1. The van der Waals surface area contributed by atoms with Crippen molar-refractivity contribution < 1.29 is 13.2 Å². The monoisotopic (exact) mass is 370 g/mol. The second kappa shape index (κ2) is 8.36. The minimum absolute atomic E-state index is 0.0386. The average molecular weight is 371 g/mol. The fraction of sp³-hybridized carbons (Fsp3) is 0.588. The van der Waals surface area contributed by atoms with E-state index < -0.39 is 9.84 Å². The van der Waals surface area contributed by atoms with Crippen LogP contribution in [0.15, 0.2) is 24.3 Å². The molecule has 0 aromatic heterocycles. The Bertz CT molecular complexity index is 657. The number of benzene rings is 1. The molecule has 0 saturated carbocycles. The Morgan fingerprint density at radius 2 is 2.00 bits per heavy atom. The maximum absolute atomic E-state index is 12.1. The fourth-order valence-corrected chi connectivity index (χ4v) is 6.21. The summed E-state index contributed by atoms with van der Waals surface area (Å²) in [7, 11) is 1.11. The van der Waals surface area contributed by atoms with Crippen molar-refractivity contribution >= 4 is 27.5 Å². The molecule has 7 heteroatoms. The molecule has 0 radical (unpaired) electrons. The molecule has 1 heterocycles. The van der Waals surface area contributed by atoms with Gasteiger partial charge in [0.2, 0.25) is 5.91 Å². The Balaban J connectivity index is 1.81. The van der Waals surface area contributed by atoms with Crippen LogP contribution in [-0.4, -0.2) is 62.4 Å². The van der Waals surface area contributed by atoms with Crippen LogP contribution >= 0.6 is 11.8 Å². The summed E-state index contributed by atoms with van der Waals surface area (Å²) < 4.78 is 22.9. The molecular weight excluding hydrogens is 344 g/mol. The number of carbonyl (C=O) groups excluding carboxylic acids is 1. The topological polar surface area (TPSA) is 66.5 Å². The van der Waals surface area contributed by atoms with Crippen LogP contribution in [0, 0.1) is 6.92 Å². The molecule has 1 aliphatic rings. The maximum Gasteiger partial charge on any atom is 0.230 e. The number of amides is 1. The van der Waals surface area contributed by atoms with E-state index in [1.807, 2.05) is 14.1 Å². The third-order valence-electron chi connectivity index (χ3n) is 4.22. The van der Waals surface area contributed by atoms with E-state index in [4.69, 9.17) is 0 Å². The first kappa shape index (κ1) is 19.3. The van der Waals surface area contributed by atoms with Crippen LogP contribution in [0.4, 0.5) is 0 Å². The SMILES string of the molecule is Cc1ccc(C(CNC(=O)CSC2CCS(=O)(=O)C2)N(C)C)cc1. The molecule has 24 heavy (non-hydrogen) atoms. The van der Waals surface area contributed by atoms with Gasteiger partial charge in [-0.15, -0.1) is 11.8 Å². The van der Waals surface area contributed by atoms with Crippen LogP contribution in [0.5, 0.6) is 0 Å². The predicted octanol–water partition coefficient (Wildman–Crippen LogP) is 1.63. The molecule has 0 bridgehead atoms. The summed E-state index contributed by atoms with van der Waals surface area (Å²) in [6.45, 7) is 2.59. The lowest BCUT2D eigenvalue weighted by Crippen LogP contribution is -2.35. The Morgan fingerprint density at radius 1 is 1.33 bits per heavy atom. The number of hydrogen-bond acceptors (Lipinski definition) is 5. The summed E-state index contributed by atoms with van der Waals surface area (Å²) in [5.41, 5.74) is 2.38. The summed E-state index contributed by atoms with van der Waals surface area (Å²) >= 11 is 1.45. The number of carbonyl (C=O) groups is 1. The highest BCUT2D eigenvalue weighted by atomic mass is 32.2. The molecule has 1 aromatic rings. The van der Waals surface area contributed by atoms with Crippen molar-refractivity contribution in [2.45, 2.75) is 24.6 Å². The summed E-state index contributed by atoms with van der Waals surface area (Å²) in [5.74, 6) is 0.730. The van der Waals surface area contributed by atoms with E-state index in [0.29, 0.717) is 18.7 Å². The van der Waals surface area contributed by atoms with Gasteiger partial charge < -0.3 is 10.2 Å². The van der Waals surface area contributed by atoms with Crippen molar-refractivity contribution in [2.24, 2.45) is 0 Å². The predicted molar refractivity (Wildman–Crippen MR) is 100 cm³/mol. The van der Waals surface area contributed by atoms with Gasteiger partial charge in [0.1, 0.15) is 0 Å². The standard InChI is InChI=1S/C17H26N2O3S2/c1-13-4-6-14(7-5-13)16(19(2)3)10-18-17(20)11-23-15-8-9-24(21,22)12-15/h4-7,15-16H,8-12H2,1-3H3,(H,18,20). The van der Waals surface area contributed by atoms with Crippen LogP contribution in [0.2, 0.25) is 0 Å². The number of nitrogens with zero attached hydrogens (tertiary/aromatic N) is 1. The summed E-state index contributed by atoms with van der Waals surface area (Å²) in [6, 6.07) is 8.44. The zero-order valence-electron chi connectivity index (χ0n) is 14.5. The first-order valence-corrected chi connectivity index (χ1v) is 11.0. The quantitative estimate of drug-likeness (QED) is 0.790. The highest BCUT2D eigenvalue weighted by molar-refractivity contribution is 8.02. The van der Waals surface area contributed by atoms with Crippen LogP contribution < -0.4 is 5.32 Å². The zero-order chi connectivity index (χ0) is 17.7. The van der Waals surface area contributed by atoms with Crippen molar-refractivity contribution in [3.05, 3.63) is 35.4 Å². The van der Waals surface area contributed by atoms with E-state index in [2.05, 4.69) is 41.4 Å². The van der Waals surface area contributed by atoms with Crippen LogP contribution in [-0.2, 0) is 14.6 Å². The Morgan fingerprint density at radius 3 is 2.54 bits per heavy atom. The van der Waals surface area contributed by atoms with Gasteiger partial charge in [0, 0.05) is 11.8 Å². The van der Waals surface area contributed by atoms with Gasteiger partial charge in [0.05, 0.1) is 23.3 Å². The van der Waals surface area contributed by atoms with E-state index in [1.165, 1.54) is 22.9 Å². The van der Waals surface area contributed by atoms with E-state index in [1.54, 1.807) is 0 Å². The van der Waals surface area contributed by atoms with Gasteiger partial charge >= 0.3 is 0 Å². The maximum atomic E-state index is 12.1. The minimum atomic E-state index is -2.88. The van der Waals surface area contributed by atoms with Gasteiger partial charge in [-0.2, -0.15) is 0 Å². The third kappa shape index (κ3) is 5.79. The molecule has 1 amide bonds. The van der Waals surface area contributed by atoms with Crippen molar-refractivity contribution in [2.75, 3.05) is 37.9 Å². The molecule has 134 valence electrons. The number of likely N-dealkylation sites (N-methyl/N-ethyl adjacent to an activating group) is 1. The molecule has 0 aliphatic carbocycles. The molecule has 2 rings (SSSR count). The molecule has 1 saturated heterocycles. The van der Waals surface area contributed by atoms with Gasteiger partial charge in [0.15, 0.2) is 9.84 Å². The third-order valence-corrected chi connectivity index (χ3v) is 7.50. The molecule has 1 N–H and O–H groups in total. The lowest BCUT2D eigenvalue weighted by molar-refractivity contribution is -0.118. The Labute approximate surface area is 149 Å². The highest BCUT2D eigenvalue weighted by Gasteiger charge is 2.28. The molecule has 1 aromatic carbocycles. The molecule has 2 atom stereocenters. The Kier molecular flexibility index (Phi) is 6.71. The van der Waals surface area contributed by atoms with Crippen LogP contribution in [0.1, 0.15) is 23.6 Å². The van der Waals surface area contributed by atoms with Crippen molar-refractivity contribution in [3.8, 4) is 0 Å². The van der Waals surface area contributed by atoms with Crippen molar-refractivity contribution in [1.82, 2.24) is 10.2 Å². The second-order valence-electron chi connectivity index (χ2n) is 6.53. The first-order chi connectivity index (χ1) is 11.3. The molecule has 0 spiro atoms. The number of thioether (sulfide) groups is 1. The van der Waals surface area contributed by atoms with Gasteiger partial charge in [0.25, 0.3) is 0 Å². The van der Waals surface area contributed by atoms with E-state index in [0.717, 1.165) is 0 Å². The normalized spacial score (nSPS) is 20.9. The Hall–Kier alpha value is -1.05. The first-order valence-electron chi connectivity index (χ1n) is 8.08. The molecule has 5 nitrogen and oxygen atoms in total. The van der Waals surface area contributed by atoms with Gasteiger partial charge in [-0.1, -0.05) is 29.8 Å². The number of sulfone groups is 1. The average Bonchev–Trinajstić information content (AvgIpc) is 2.86.